The van der Waals surface area contributed by atoms with E-state index in [4.69, 9.17) is 4.74 Å². The molecular formula is C15H12O7. The normalized spacial score (nSPS) is 24.3. The van der Waals surface area contributed by atoms with Gasteiger partial charge in [0.05, 0.1) is 0 Å². The van der Waals surface area contributed by atoms with Crippen molar-refractivity contribution in [3.63, 3.8) is 0 Å². The molecule has 7 nitrogen and oxygen atoms in total. The molecule has 0 aromatic heterocycles. The zero-order valence-electron chi connectivity index (χ0n) is 11.1. The van der Waals surface area contributed by atoms with Crippen LogP contribution in [0.3, 0.4) is 0 Å². The summed E-state index contributed by atoms with van der Waals surface area (Å²) in [5, 5.41) is 48.1. The SMILES string of the molecule is O=C1C(O)=C(c2ccc(O)c(O)c2)OC2C=C(O)C=C(O)C12. The second-order valence-corrected chi connectivity index (χ2v) is 4.97. The third-order valence-electron chi connectivity index (χ3n) is 3.50. The van der Waals surface area contributed by atoms with Gasteiger partial charge in [-0.15, -0.1) is 0 Å². The number of benzene rings is 1. The van der Waals surface area contributed by atoms with Gasteiger partial charge in [0.25, 0.3) is 0 Å². The number of phenolic OH excluding ortho intramolecular Hbond substituents is 2. The van der Waals surface area contributed by atoms with Crippen molar-refractivity contribution < 1.29 is 35.1 Å². The third-order valence-corrected chi connectivity index (χ3v) is 3.50. The number of hydrogen-bond donors (Lipinski definition) is 5. The highest BCUT2D eigenvalue weighted by Crippen LogP contribution is 2.38. The van der Waals surface area contributed by atoms with Crippen LogP contribution in [0.25, 0.3) is 5.76 Å². The van der Waals surface area contributed by atoms with Gasteiger partial charge in [-0.05, 0) is 24.3 Å². The van der Waals surface area contributed by atoms with E-state index in [-0.39, 0.29) is 22.8 Å². The zero-order chi connectivity index (χ0) is 16.0. The van der Waals surface area contributed by atoms with Crippen molar-refractivity contribution >= 4 is 11.5 Å². The van der Waals surface area contributed by atoms with Gasteiger partial charge in [-0.3, -0.25) is 4.79 Å². The molecular weight excluding hydrogens is 292 g/mol. The molecule has 22 heavy (non-hydrogen) atoms. The maximum absolute atomic E-state index is 12.2. The summed E-state index contributed by atoms with van der Waals surface area (Å²) in [6, 6.07) is 3.64. The Hall–Kier alpha value is -3.09. The Morgan fingerprint density at radius 3 is 2.41 bits per heavy atom. The molecule has 0 bridgehead atoms. The van der Waals surface area contributed by atoms with Crippen LogP contribution >= 0.6 is 0 Å². The number of carbonyl (C=O) groups is 1. The lowest BCUT2D eigenvalue weighted by Crippen LogP contribution is -2.38. The first-order valence-corrected chi connectivity index (χ1v) is 6.36. The molecule has 1 aromatic carbocycles. The molecule has 0 fully saturated rings. The monoisotopic (exact) mass is 304 g/mol. The summed E-state index contributed by atoms with van der Waals surface area (Å²) < 4.78 is 5.47. The van der Waals surface area contributed by atoms with Crippen LogP contribution in [0.1, 0.15) is 5.56 Å². The molecule has 1 aliphatic carbocycles. The lowest BCUT2D eigenvalue weighted by molar-refractivity contribution is -0.125. The number of Topliss-reactive ketones (excluding diaryl/α,β-unsaturated/α-hetero) is 1. The van der Waals surface area contributed by atoms with Crippen molar-refractivity contribution in [1.82, 2.24) is 0 Å². The molecule has 0 spiro atoms. The zero-order valence-corrected chi connectivity index (χ0v) is 11.1. The molecule has 0 radical (unpaired) electrons. The summed E-state index contributed by atoms with van der Waals surface area (Å²) in [6.45, 7) is 0. The second-order valence-electron chi connectivity index (χ2n) is 4.97. The van der Waals surface area contributed by atoms with Gasteiger partial charge in [-0.1, -0.05) is 0 Å². The van der Waals surface area contributed by atoms with Crippen LogP contribution in [0.5, 0.6) is 11.5 Å². The second kappa shape index (κ2) is 4.73. The molecule has 0 saturated heterocycles. The number of fused-ring (bicyclic) bond motifs is 1. The summed E-state index contributed by atoms with van der Waals surface area (Å²) in [4.78, 5) is 12.2. The van der Waals surface area contributed by atoms with E-state index < -0.39 is 35.1 Å². The van der Waals surface area contributed by atoms with Crippen molar-refractivity contribution in [2.75, 3.05) is 0 Å². The minimum Gasteiger partial charge on any atom is -0.511 e. The van der Waals surface area contributed by atoms with Crippen LogP contribution < -0.4 is 0 Å². The summed E-state index contributed by atoms with van der Waals surface area (Å²) in [5.74, 6) is -4.29. The van der Waals surface area contributed by atoms with E-state index in [0.717, 1.165) is 12.1 Å². The van der Waals surface area contributed by atoms with Crippen molar-refractivity contribution in [2.45, 2.75) is 6.10 Å². The first-order chi connectivity index (χ1) is 10.4. The Morgan fingerprint density at radius 1 is 1.00 bits per heavy atom. The van der Waals surface area contributed by atoms with Gasteiger partial charge in [0.2, 0.25) is 11.5 Å². The van der Waals surface area contributed by atoms with Gasteiger partial charge in [0.15, 0.2) is 17.3 Å². The fourth-order valence-corrected chi connectivity index (χ4v) is 2.43. The standard InChI is InChI=1S/C15H12O7/c16-7-4-10(19)12-11(5-7)22-15(14(21)13(12)20)6-1-2-8(17)9(18)3-6/h1-5,11-12,16-19,21H. The quantitative estimate of drug-likeness (QED) is 0.500. The number of ether oxygens (including phenoxy) is 1. The Morgan fingerprint density at radius 2 is 1.73 bits per heavy atom. The van der Waals surface area contributed by atoms with Crippen molar-refractivity contribution in [2.24, 2.45) is 5.92 Å². The average Bonchev–Trinajstić information content (AvgIpc) is 2.45. The van der Waals surface area contributed by atoms with E-state index in [0.29, 0.717) is 0 Å². The molecule has 1 aliphatic heterocycles. The number of hydrogen-bond acceptors (Lipinski definition) is 7. The number of aromatic hydroxyl groups is 2. The fourth-order valence-electron chi connectivity index (χ4n) is 2.43. The lowest BCUT2D eigenvalue weighted by Gasteiger charge is -2.32. The maximum Gasteiger partial charge on any atom is 0.215 e. The van der Waals surface area contributed by atoms with Crippen LogP contribution in [0.15, 0.2) is 47.6 Å². The largest absolute Gasteiger partial charge is 0.511 e. The van der Waals surface area contributed by atoms with E-state index in [1.54, 1.807) is 0 Å². The van der Waals surface area contributed by atoms with E-state index in [2.05, 4.69) is 0 Å². The van der Waals surface area contributed by atoms with Crippen LogP contribution in [0.2, 0.25) is 0 Å². The van der Waals surface area contributed by atoms with Gasteiger partial charge in [-0.25, -0.2) is 0 Å². The third kappa shape index (κ3) is 2.03. The van der Waals surface area contributed by atoms with Crippen LogP contribution in [0, 0.1) is 5.92 Å². The summed E-state index contributed by atoms with van der Waals surface area (Å²) in [6.07, 6.45) is 1.25. The average molecular weight is 304 g/mol. The predicted octanol–water partition coefficient (Wildman–Crippen LogP) is 1.81. The van der Waals surface area contributed by atoms with Gasteiger partial charge < -0.3 is 30.3 Å². The van der Waals surface area contributed by atoms with E-state index in [1.165, 1.54) is 18.2 Å². The predicted molar refractivity (Wildman–Crippen MR) is 74.1 cm³/mol. The lowest BCUT2D eigenvalue weighted by atomic mass is 9.86. The summed E-state index contributed by atoms with van der Waals surface area (Å²) in [7, 11) is 0. The Labute approximate surface area is 124 Å². The van der Waals surface area contributed by atoms with E-state index >= 15 is 0 Å². The molecule has 0 saturated carbocycles. The minimum atomic E-state index is -1.13. The van der Waals surface area contributed by atoms with Gasteiger partial charge in [0.1, 0.15) is 23.5 Å². The van der Waals surface area contributed by atoms with Gasteiger partial charge >= 0.3 is 0 Å². The van der Waals surface area contributed by atoms with Crippen LogP contribution in [-0.4, -0.2) is 37.4 Å². The molecule has 5 N–H and O–H groups in total. The molecule has 114 valence electrons. The summed E-state index contributed by atoms with van der Waals surface area (Å²) in [5.41, 5.74) is 0.168. The Kier molecular flexibility index (Phi) is 2.98. The first-order valence-electron chi connectivity index (χ1n) is 6.36. The highest BCUT2D eigenvalue weighted by atomic mass is 16.5. The fraction of sp³-hybridized carbons (Fsp3) is 0.133. The maximum atomic E-state index is 12.2. The number of ketones is 1. The van der Waals surface area contributed by atoms with Gasteiger partial charge in [0, 0.05) is 11.6 Å². The number of phenols is 2. The van der Waals surface area contributed by atoms with Crippen molar-refractivity contribution in [1.29, 1.82) is 0 Å². The highest BCUT2D eigenvalue weighted by Gasteiger charge is 2.43. The number of aliphatic hydroxyl groups is 3. The number of rotatable bonds is 1. The first kappa shape index (κ1) is 13.9. The van der Waals surface area contributed by atoms with Crippen LogP contribution in [0.4, 0.5) is 0 Å². The smallest absolute Gasteiger partial charge is 0.215 e. The van der Waals surface area contributed by atoms with Crippen molar-refractivity contribution in [3.8, 4) is 11.5 Å². The highest BCUT2D eigenvalue weighted by molar-refractivity contribution is 6.04. The molecule has 1 aromatic rings. The Bertz CT molecular complexity index is 757. The topological polar surface area (TPSA) is 127 Å². The van der Waals surface area contributed by atoms with Gasteiger partial charge in [-0.2, -0.15) is 0 Å². The molecule has 3 rings (SSSR count). The minimum absolute atomic E-state index is 0.168. The molecule has 7 heteroatoms. The van der Waals surface area contributed by atoms with E-state index in [1.807, 2.05) is 0 Å². The molecule has 2 unspecified atom stereocenters. The van der Waals surface area contributed by atoms with E-state index in [9.17, 15) is 30.3 Å². The molecule has 0 amide bonds. The number of aliphatic hydroxyl groups excluding tert-OH is 3. The Balaban J connectivity index is 2.08. The molecule has 1 heterocycles. The van der Waals surface area contributed by atoms with Crippen molar-refractivity contribution in [3.05, 3.63) is 53.2 Å². The summed E-state index contributed by atoms with van der Waals surface area (Å²) >= 11 is 0. The number of carbonyl (C=O) groups excluding carboxylic acids is 1. The number of allylic oxidation sites excluding steroid dienone is 2. The van der Waals surface area contributed by atoms with Crippen LogP contribution in [-0.2, 0) is 9.53 Å². The molecule has 2 atom stereocenters. The molecule has 2 aliphatic rings.